The smallest absolute Gasteiger partial charge is 0.303 e. The number of carbonyl (C=O) groups excluding carboxylic acids is 3. The average molecular weight is 494 g/mol. The van der Waals surface area contributed by atoms with Gasteiger partial charge in [-0.1, -0.05) is 24.6 Å². The van der Waals surface area contributed by atoms with Gasteiger partial charge in [0.15, 0.2) is 18.1 Å². The SMILES string of the molecule is CC(=O)O[C@]1(C(=O)CF)CCC2C3CCC4=CC(=O)CCC4=C3C(c3ccc(N(C)C)cc3)C[C@@]21C. The van der Waals surface area contributed by atoms with Crippen LogP contribution in [0.15, 0.2) is 47.1 Å². The van der Waals surface area contributed by atoms with Gasteiger partial charge in [0.25, 0.3) is 0 Å². The number of carbonyl (C=O) groups is 3. The van der Waals surface area contributed by atoms with Crippen molar-refractivity contribution in [3.63, 3.8) is 0 Å². The van der Waals surface area contributed by atoms with Crippen LogP contribution in [-0.4, -0.2) is 43.9 Å². The van der Waals surface area contributed by atoms with Crippen molar-refractivity contribution in [3.8, 4) is 0 Å². The highest BCUT2D eigenvalue weighted by atomic mass is 19.1. The lowest BCUT2D eigenvalue weighted by Crippen LogP contribution is -2.58. The van der Waals surface area contributed by atoms with Gasteiger partial charge in [0.2, 0.25) is 5.78 Å². The van der Waals surface area contributed by atoms with Crippen molar-refractivity contribution in [3.05, 3.63) is 52.6 Å². The van der Waals surface area contributed by atoms with Gasteiger partial charge in [-0.3, -0.25) is 14.4 Å². The second-order valence-electron chi connectivity index (χ2n) is 11.5. The molecule has 5 atom stereocenters. The van der Waals surface area contributed by atoms with Crippen molar-refractivity contribution in [2.45, 2.75) is 70.3 Å². The Morgan fingerprint density at radius 1 is 1.11 bits per heavy atom. The fourth-order valence-corrected chi connectivity index (χ4v) is 7.99. The number of halogens is 1. The van der Waals surface area contributed by atoms with Gasteiger partial charge in [0.1, 0.15) is 0 Å². The second-order valence-corrected chi connectivity index (χ2v) is 11.5. The van der Waals surface area contributed by atoms with Crippen LogP contribution in [-0.2, 0) is 19.1 Å². The maximum absolute atomic E-state index is 14.0. The Hall–Kier alpha value is -2.76. The van der Waals surface area contributed by atoms with Crippen molar-refractivity contribution in [2.24, 2.45) is 17.3 Å². The molecule has 0 aliphatic heterocycles. The molecule has 4 aliphatic carbocycles. The minimum Gasteiger partial charge on any atom is -0.451 e. The molecular weight excluding hydrogens is 457 g/mol. The summed E-state index contributed by atoms with van der Waals surface area (Å²) in [5, 5.41) is 0. The highest BCUT2D eigenvalue weighted by molar-refractivity contribution is 5.93. The highest BCUT2D eigenvalue weighted by Crippen LogP contribution is 2.67. The van der Waals surface area contributed by atoms with Crippen LogP contribution in [0, 0.1) is 17.3 Å². The van der Waals surface area contributed by atoms with E-state index in [0.29, 0.717) is 19.3 Å². The van der Waals surface area contributed by atoms with E-state index < -0.39 is 29.4 Å². The number of esters is 1. The Morgan fingerprint density at radius 3 is 2.47 bits per heavy atom. The lowest BCUT2D eigenvalue weighted by molar-refractivity contribution is -0.184. The predicted molar refractivity (Wildman–Crippen MR) is 137 cm³/mol. The molecule has 5 nitrogen and oxygen atoms in total. The molecule has 0 saturated heterocycles. The zero-order valence-corrected chi connectivity index (χ0v) is 21.7. The summed E-state index contributed by atoms with van der Waals surface area (Å²) in [6.07, 6.45) is 6.55. The Kier molecular flexibility index (Phi) is 6.20. The van der Waals surface area contributed by atoms with Gasteiger partial charge in [-0.25, -0.2) is 4.39 Å². The summed E-state index contributed by atoms with van der Waals surface area (Å²) in [5.74, 6) is -0.600. The maximum atomic E-state index is 14.0. The van der Waals surface area contributed by atoms with Crippen LogP contribution in [0.2, 0.25) is 0 Å². The van der Waals surface area contributed by atoms with Crippen LogP contribution < -0.4 is 4.90 Å². The predicted octanol–water partition coefficient (Wildman–Crippen LogP) is 5.49. The third kappa shape index (κ3) is 3.67. The van der Waals surface area contributed by atoms with Gasteiger partial charge in [0.05, 0.1) is 0 Å². The molecule has 1 aromatic carbocycles. The van der Waals surface area contributed by atoms with E-state index in [1.54, 1.807) is 0 Å². The minimum absolute atomic E-state index is 0.0137. The van der Waals surface area contributed by atoms with Gasteiger partial charge in [-0.05, 0) is 85.3 Å². The quantitative estimate of drug-likeness (QED) is 0.508. The topological polar surface area (TPSA) is 63.7 Å². The summed E-state index contributed by atoms with van der Waals surface area (Å²) in [6, 6.07) is 8.52. The molecule has 0 heterocycles. The molecular formula is C30H36FNO4. The summed E-state index contributed by atoms with van der Waals surface area (Å²) >= 11 is 0. The number of fused-ring (bicyclic) bond motifs is 4. The van der Waals surface area contributed by atoms with E-state index in [0.717, 1.165) is 36.9 Å². The van der Waals surface area contributed by atoms with Crippen LogP contribution >= 0.6 is 0 Å². The first-order chi connectivity index (χ1) is 17.1. The zero-order valence-electron chi connectivity index (χ0n) is 21.7. The number of anilines is 1. The van der Waals surface area contributed by atoms with Crippen LogP contribution in [0.1, 0.15) is 70.3 Å². The first-order valence-electron chi connectivity index (χ1n) is 13.1. The number of alkyl halides is 1. The van der Waals surface area contributed by atoms with Gasteiger partial charge < -0.3 is 9.64 Å². The number of allylic oxidation sites excluding steroid dienone is 4. The number of hydrogen-bond acceptors (Lipinski definition) is 5. The van der Waals surface area contributed by atoms with E-state index in [1.807, 2.05) is 20.2 Å². The van der Waals surface area contributed by atoms with E-state index in [-0.39, 0.29) is 23.5 Å². The van der Waals surface area contributed by atoms with Crippen molar-refractivity contribution < 1.29 is 23.5 Å². The number of rotatable bonds is 5. The number of Topliss-reactive ketones (excluding diaryl/α,β-unsaturated/α-hetero) is 1. The lowest BCUT2D eigenvalue weighted by atomic mass is 9.50. The summed E-state index contributed by atoms with van der Waals surface area (Å²) in [4.78, 5) is 39.7. The zero-order chi connectivity index (χ0) is 25.8. The molecule has 0 aromatic heterocycles. The number of hydrogen-bond donors (Lipinski definition) is 0. The van der Waals surface area contributed by atoms with E-state index in [9.17, 15) is 18.8 Å². The molecule has 192 valence electrons. The molecule has 5 rings (SSSR count). The van der Waals surface area contributed by atoms with E-state index in [1.165, 1.54) is 23.6 Å². The normalized spacial score (nSPS) is 33.3. The number of nitrogens with zero attached hydrogens (tertiary/aromatic N) is 1. The molecule has 0 radical (unpaired) electrons. The monoisotopic (exact) mass is 493 g/mol. The van der Waals surface area contributed by atoms with Crippen LogP contribution in [0.5, 0.6) is 0 Å². The average Bonchev–Trinajstić information content (AvgIpc) is 3.14. The van der Waals surface area contributed by atoms with E-state index in [2.05, 4.69) is 36.1 Å². The van der Waals surface area contributed by atoms with Crippen molar-refractivity contribution in [2.75, 3.05) is 25.7 Å². The minimum atomic E-state index is -1.44. The summed E-state index contributed by atoms with van der Waals surface area (Å²) < 4.78 is 19.9. The van der Waals surface area contributed by atoms with Gasteiger partial charge >= 0.3 is 5.97 Å². The lowest BCUT2D eigenvalue weighted by Gasteiger charge is -2.55. The number of benzene rings is 1. The molecule has 1 aromatic rings. The Morgan fingerprint density at radius 2 is 1.83 bits per heavy atom. The number of ketones is 2. The molecule has 0 amide bonds. The fraction of sp³-hybridized carbons (Fsp3) is 0.567. The highest BCUT2D eigenvalue weighted by Gasteiger charge is 2.68. The molecule has 2 fully saturated rings. The van der Waals surface area contributed by atoms with E-state index >= 15 is 0 Å². The molecule has 0 spiro atoms. The van der Waals surface area contributed by atoms with E-state index in [4.69, 9.17) is 4.74 Å². The fourth-order valence-electron chi connectivity index (χ4n) is 7.99. The molecule has 6 heteroatoms. The van der Waals surface area contributed by atoms with Crippen molar-refractivity contribution in [1.82, 2.24) is 0 Å². The Balaban J connectivity index is 1.69. The molecule has 3 unspecified atom stereocenters. The molecule has 0 bridgehead atoms. The summed E-state index contributed by atoms with van der Waals surface area (Å²) in [6.45, 7) is 2.24. The Labute approximate surface area is 212 Å². The largest absolute Gasteiger partial charge is 0.451 e. The maximum Gasteiger partial charge on any atom is 0.303 e. The first-order valence-corrected chi connectivity index (χ1v) is 13.1. The molecule has 4 aliphatic rings. The van der Waals surface area contributed by atoms with Crippen LogP contribution in [0.25, 0.3) is 0 Å². The standard InChI is InChI=1S/C30H36FNO4/c1-18(33)36-30(27(35)17-31)14-13-26-24-11-7-20-15-22(34)10-12-23(20)28(24)25(16-29(26,30)2)19-5-8-21(9-6-19)32(3)4/h5-6,8-9,15,24-26H,7,10-14,16-17H2,1-4H3/t24?,25?,26?,29-,30-/m0/s1. The second kappa shape index (κ2) is 8.97. The van der Waals surface area contributed by atoms with Crippen LogP contribution in [0.3, 0.4) is 0 Å². The third-order valence-electron chi connectivity index (χ3n) is 9.56. The van der Waals surface area contributed by atoms with Gasteiger partial charge in [-0.15, -0.1) is 0 Å². The van der Waals surface area contributed by atoms with Gasteiger partial charge in [0, 0.05) is 44.5 Å². The summed E-state index contributed by atoms with van der Waals surface area (Å²) in [5.41, 5.74) is 4.02. The molecule has 36 heavy (non-hydrogen) atoms. The third-order valence-corrected chi connectivity index (χ3v) is 9.56. The molecule has 2 saturated carbocycles. The van der Waals surface area contributed by atoms with Crippen molar-refractivity contribution >= 4 is 23.2 Å². The molecule has 0 N–H and O–H groups in total. The first kappa shape index (κ1) is 24.9. The van der Waals surface area contributed by atoms with Crippen LogP contribution in [0.4, 0.5) is 10.1 Å². The van der Waals surface area contributed by atoms with Gasteiger partial charge in [-0.2, -0.15) is 0 Å². The van der Waals surface area contributed by atoms with Crippen molar-refractivity contribution in [1.29, 1.82) is 0 Å². The Bertz CT molecular complexity index is 1170. The number of ether oxygens (including phenoxy) is 1. The summed E-state index contributed by atoms with van der Waals surface area (Å²) in [7, 11) is 4.02.